The lowest BCUT2D eigenvalue weighted by Gasteiger charge is -2.26. The Morgan fingerprint density at radius 2 is 1.82 bits per heavy atom. The van der Waals surface area contributed by atoms with E-state index >= 15 is 0 Å². The molecular formula is C12H16ClFN2O. The predicted octanol–water partition coefficient (Wildman–Crippen LogP) is 1.34. The molecule has 0 radical (unpaired) electrons. The summed E-state index contributed by atoms with van der Waals surface area (Å²) in [5, 5.41) is 3.23. The molecule has 1 fully saturated rings. The average molecular weight is 259 g/mol. The Morgan fingerprint density at radius 1 is 1.24 bits per heavy atom. The van der Waals surface area contributed by atoms with Crippen LogP contribution in [0.15, 0.2) is 24.3 Å². The van der Waals surface area contributed by atoms with Crippen LogP contribution < -0.4 is 5.32 Å². The van der Waals surface area contributed by atoms with Gasteiger partial charge in [-0.3, -0.25) is 9.69 Å². The van der Waals surface area contributed by atoms with Gasteiger partial charge in [0.2, 0.25) is 0 Å². The Balaban J connectivity index is 0.00000144. The summed E-state index contributed by atoms with van der Waals surface area (Å²) >= 11 is 0. The van der Waals surface area contributed by atoms with Crippen molar-refractivity contribution in [3.63, 3.8) is 0 Å². The standard InChI is InChI=1S/C12H15FN2O.ClH/c13-11-3-1-10(2-4-11)12(16)9-15-7-5-14-6-8-15;/h1-4,14H,5-9H2;1H. The van der Waals surface area contributed by atoms with Gasteiger partial charge in [0.1, 0.15) is 5.82 Å². The summed E-state index contributed by atoms with van der Waals surface area (Å²) in [4.78, 5) is 14.0. The fraction of sp³-hybridized carbons (Fsp3) is 0.417. The first-order valence-electron chi connectivity index (χ1n) is 5.47. The molecule has 5 heteroatoms. The fourth-order valence-electron chi connectivity index (χ4n) is 1.80. The maximum absolute atomic E-state index is 12.7. The quantitative estimate of drug-likeness (QED) is 0.831. The second-order valence-electron chi connectivity index (χ2n) is 3.96. The number of benzene rings is 1. The van der Waals surface area contributed by atoms with E-state index < -0.39 is 0 Å². The van der Waals surface area contributed by atoms with Gasteiger partial charge < -0.3 is 5.32 Å². The van der Waals surface area contributed by atoms with Gasteiger partial charge in [0.25, 0.3) is 0 Å². The summed E-state index contributed by atoms with van der Waals surface area (Å²) in [6, 6.07) is 5.73. The summed E-state index contributed by atoms with van der Waals surface area (Å²) in [7, 11) is 0. The van der Waals surface area contributed by atoms with Crippen molar-refractivity contribution >= 4 is 18.2 Å². The molecule has 0 spiro atoms. The molecule has 0 aliphatic carbocycles. The summed E-state index contributed by atoms with van der Waals surface area (Å²) in [5.41, 5.74) is 0.583. The number of ketones is 1. The molecule has 3 nitrogen and oxygen atoms in total. The number of carbonyl (C=O) groups is 1. The maximum atomic E-state index is 12.7. The molecule has 0 saturated carbocycles. The molecular weight excluding hydrogens is 243 g/mol. The van der Waals surface area contributed by atoms with Gasteiger partial charge >= 0.3 is 0 Å². The van der Waals surface area contributed by atoms with Crippen molar-refractivity contribution in [1.29, 1.82) is 0 Å². The highest BCUT2D eigenvalue weighted by atomic mass is 35.5. The lowest BCUT2D eigenvalue weighted by atomic mass is 10.1. The lowest BCUT2D eigenvalue weighted by molar-refractivity contribution is 0.0921. The summed E-state index contributed by atoms with van der Waals surface area (Å²) in [6.45, 7) is 4.07. The van der Waals surface area contributed by atoms with Crippen LogP contribution in [0.5, 0.6) is 0 Å². The van der Waals surface area contributed by atoms with Crippen molar-refractivity contribution in [3.05, 3.63) is 35.6 Å². The molecule has 0 bridgehead atoms. The van der Waals surface area contributed by atoms with E-state index in [9.17, 15) is 9.18 Å². The van der Waals surface area contributed by atoms with Crippen LogP contribution in [0.4, 0.5) is 4.39 Å². The van der Waals surface area contributed by atoms with Crippen LogP contribution in [0, 0.1) is 5.82 Å². The molecule has 1 aromatic rings. The van der Waals surface area contributed by atoms with Gasteiger partial charge in [0.05, 0.1) is 6.54 Å². The largest absolute Gasteiger partial charge is 0.314 e. The minimum Gasteiger partial charge on any atom is -0.314 e. The fourth-order valence-corrected chi connectivity index (χ4v) is 1.80. The lowest BCUT2D eigenvalue weighted by Crippen LogP contribution is -2.45. The number of hydrogen-bond acceptors (Lipinski definition) is 3. The third-order valence-electron chi connectivity index (χ3n) is 2.74. The van der Waals surface area contributed by atoms with Gasteiger partial charge in [-0.1, -0.05) is 0 Å². The van der Waals surface area contributed by atoms with E-state index in [-0.39, 0.29) is 24.0 Å². The highest BCUT2D eigenvalue weighted by Gasteiger charge is 2.14. The van der Waals surface area contributed by atoms with Crippen LogP contribution in [0.3, 0.4) is 0 Å². The van der Waals surface area contributed by atoms with Crippen molar-refractivity contribution in [2.45, 2.75) is 0 Å². The Kier molecular flexibility index (Phi) is 5.55. The number of nitrogens with one attached hydrogen (secondary N) is 1. The zero-order valence-corrected chi connectivity index (χ0v) is 10.3. The summed E-state index contributed by atoms with van der Waals surface area (Å²) < 4.78 is 12.7. The molecule has 17 heavy (non-hydrogen) atoms. The van der Waals surface area contributed by atoms with Gasteiger partial charge in [-0.2, -0.15) is 0 Å². The Labute approximate surface area is 106 Å². The van der Waals surface area contributed by atoms with E-state index in [0.717, 1.165) is 26.2 Å². The van der Waals surface area contributed by atoms with E-state index in [4.69, 9.17) is 0 Å². The van der Waals surface area contributed by atoms with E-state index in [0.29, 0.717) is 12.1 Å². The van der Waals surface area contributed by atoms with Crippen LogP contribution >= 0.6 is 12.4 Å². The van der Waals surface area contributed by atoms with E-state index in [2.05, 4.69) is 10.2 Å². The van der Waals surface area contributed by atoms with E-state index in [1.165, 1.54) is 12.1 Å². The van der Waals surface area contributed by atoms with Crippen molar-refractivity contribution in [2.24, 2.45) is 0 Å². The first-order valence-corrected chi connectivity index (χ1v) is 5.47. The second kappa shape index (κ2) is 6.69. The molecule has 2 rings (SSSR count). The van der Waals surface area contributed by atoms with Crippen molar-refractivity contribution in [1.82, 2.24) is 10.2 Å². The Morgan fingerprint density at radius 3 is 2.41 bits per heavy atom. The Bertz CT molecular complexity index is 363. The van der Waals surface area contributed by atoms with E-state index in [1.54, 1.807) is 12.1 Å². The number of piperazine rings is 1. The smallest absolute Gasteiger partial charge is 0.176 e. The molecule has 0 aromatic heterocycles. The molecule has 1 aliphatic heterocycles. The number of nitrogens with zero attached hydrogens (tertiary/aromatic N) is 1. The topological polar surface area (TPSA) is 32.3 Å². The van der Waals surface area contributed by atoms with Crippen molar-refractivity contribution in [3.8, 4) is 0 Å². The summed E-state index contributed by atoms with van der Waals surface area (Å²) in [6.07, 6.45) is 0. The van der Waals surface area contributed by atoms with Crippen LogP contribution in [0.1, 0.15) is 10.4 Å². The molecule has 1 N–H and O–H groups in total. The van der Waals surface area contributed by atoms with Gasteiger partial charge in [-0.05, 0) is 24.3 Å². The average Bonchev–Trinajstić information content (AvgIpc) is 2.31. The molecule has 1 heterocycles. The molecule has 1 aliphatic rings. The summed E-state index contributed by atoms with van der Waals surface area (Å²) in [5.74, 6) is -0.249. The molecule has 0 atom stereocenters. The maximum Gasteiger partial charge on any atom is 0.176 e. The third-order valence-corrected chi connectivity index (χ3v) is 2.74. The number of hydrogen-bond donors (Lipinski definition) is 1. The minimum absolute atomic E-state index is 0. The first kappa shape index (κ1) is 14.1. The molecule has 94 valence electrons. The zero-order chi connectivity index (χ0) is 11.4. The SMILES string of the molecule is Cl.O=C(CN1CCNCC1)c1ccc(F)cc1. The molecule has 1 saturated heterocycles. The van der Waals surface area contributed by atoms with Crippen molar-refractivity contribution in [2.75, 3.05) is 32.7 Å². The minimum atomic E-state index is -0.307. The zero-order valence-electron chi connectivity index (χ0n) is 9.49. The van der Waals surface area contributed by atoms with Crippen molar-refractivity contribution < 1.29 is 9.18 Å². The molecule has 1 aromatic carbocycles. The number of halogens is 2. The first-order chi connectivity index (χ1) is 7.75. The van der Waals surface area contributed by atoms with E-state index in [1.807, 2.05) is 0 Å². The van der Waals surface area contributed by atoms with Crippen LogP contribution in [-0.2, 0) is 0 Å². The van der Waals surface area contributed by atoms with Crippen LogP contribution in [0.25, 0.3) is 0 Å². The molecule has 0 amide bonds. The third kappa shape index (κ3) is 4.07. The second-order valence-corrected chi connectivity index (χ2v) is 3.96. The van der Waals surface area contributed by atoms with Gasteiger partial charge in [0, 0.05) is 31.7 Å². The monoisotopic (exact) mass is 258 g/mol. The molecule has 0 unspecified atom stereocenters. The van der Waals surface area contributed by atoms with Gasteiger partial charge in [-0.25, -0.2) is 4.39 Å². The number of carbonyl (C=O) groups excluding carboxylic acids is 1. The normalized spacial score (nSPS) is 16.3. The predicted molar refractivity (Wildman–Crippen MR) is 67.3 cm³/mol. The number of rotatable bonds is 3. The van der Waals surface area contributed by atoms with Gasteiger partial charge in [-0.15, -0.1) is 12.4 Å². The highest BCUT2D eigenvalue weighted by Crippen LogP contribution is 2.05. The number of Topliss-reactive ketones (excluding diaryl/α,β-unsaturated/α-hetero) is 1. The van der Waals surface area contributed by atoms with Gasteiger partial charge in [0.15, 0.2) is 5.78 Å². The van der Waals surface area contributed by atoms with Crippen LogP contribution in [-0.4, -0.2) is 43.4 Å². The van der Waals surface area contributed by atoms with Crippen LogP contribution in [0.2, 0.25) is 0 Å². The highest BCUT2D eigenvalue weighted by molar-refractivity contribution is 5.97. The Hall–Kier alpha value is -0.970.